The number of Topliss-reactive ketones (excluding diaryl/α,β-unsaturated/α-hetero) is 1. The van der Waals surface area contributed by atoms with E-state index < -0.39 is 0 Å². The van der Waals surface area contributed by atoms with E-state index in [0.717, 1.165) is 4.90 Å². The summed E-state index contributed by atoms with van der Waals surface area (Å²) in [5.41, 5.74) is 0.849. The molecule has 1 atom stereocenters. The standard InChI is InChI=1S/C13H13NO3/c1-8(9(2)15)7-14-12(16)10-5-3-4-6-11(10)13(14)17/h3-6,8H,7H2,1-2H3/t8-/m0/s1. The van der Waals surface area contributed by atoms with Gasteiger partial charge in [0.25, 0.3) is 11.8 Å². The number of fused-ring (bicyclic) bond motifs is 1. The van der Waals surface area contributed by atoms with E-state index in [4.69, 9.17) is 0 Å². The molecule has 1 aromatic carbocycles. The van der Waals surface area contributed by atoms with Crippen molar-refractivity contribution in [1.29, 1.82) is 0 Å². The zero-order chi connectivity index (χ0) is 12.6. The van der Waals surface area contributed by atoms with E-state index in [2.05, 4.69) is 0 Å². The molecule has 0 bridgehead atoms. The van der Waals surface area contributed by atoms with Crippen LogP contribution < -0.4 is 0 Å². The Morgan fingerprint density at radius 2 is 1.65 bits per heavy atom. The third-order valence-electron chi connectivity index (χ3n) is 3.03. The van der Waals surface area contributed by atoms with Gasteiger partial charge < -0.3 is 0 Å². The predicted octanol–water partition coefficient (Wildman–Crippen LogP) is 1.51. The second-order valence-corrected chi connectivity index (χ2v) is 4.28. The number of ketones is 1. The van der Waals surface area contributed by atoms with Gasteiger partial charge in [-0.15, -0.1) is 0 Å². The van der Waals surface area contributed by atoms with E-state index in [9.17, 15) is 14.4 Å². The smallest absolute Gasteiger partial charge is 0.261 e. The van der Waals surface area contributed by atoms with Crippen molar-refractivity contribution < 1.29 is 14.4 Å². The summed E-state index contributed by atoms with van der Waals surface area (Å²) in [4.78, 5) is 36.2. The Kier molecular flexibility index (Phi) is 2.79. The van der Waals surface area contributed by atoms with Gasteiger partial charge in [0.1, 0.15) is 5.78 Å². The summed E-state index contributed by atoms with van der Waals surface area (Å²) < 4.78 is 0. The highest BCUT2D eigenvalue weighted by Crippen LogP contribution is 2.23. The van der Waals surface area contributed by atoms with Gasteiger partial charge in [-0.3, -0.25) is 19.3 Å². The van der Waals surface area contributed by atoms with E-state index in [1.165, 1.54) is 6.92 Å². The first-order valence-corrected chi connectivity index (χ1v) is 5.48. The highest BCUT2D eigenvalue weighted by atomic mass is 16.2. The number of benzene rings is 1. The zero-order valence-corrected chi connectivity index (χ0v) is 9.77. The van der Waals surface area contributed by atoms with Crippen LogP contribution in [0.1, 0.15) is 34.6 Å². The zero-order valence-electron chi connectivity index (χ0n) is 9.77. The molecule has 2 rings (SSSR count). The van der Waals surface area contributed by atoms with E-state index in [0.29, 0.717) is 11.1 Å². The number of imide groups is 1. The fraction of sp³-hybridized carbons (Fsp3) is 0.308. The minimum Gasteiger partial charge on any atom is -0.300 e. The largest absolute Gasteiger partial charge is 0.300 e. The van der Waals surface area contributed by atoms with Gasteiger partial charge in [0.2, 0.25) is 0 Å². The average Bonchev–Trinajstić information content (AvgIpc) is 2.55. The Bertz CT molecular complexity index is 472. The lowest BCUT2D eigenvalue weighted by Crippen LogP contribution is -2.35. The van der Waals surface area contributed by atoms with Crippen molar-refractivity contribution in [2.75, 3.05) is 6.54 Å². The lowest BCUT2D eigenvalue weighted by atomic mass is 10.1. The molecule has 17 heavy (non-hydrogen) atoms. The molecule has 2 amide bonds. The van der Waals surface area contributed by atoms with E-state index in [1.54, 1.807) is 31.2 Å². The molecule has 0 N–H and O–H groups in total. The highest BCUT2D eigenvalue weighted by Gasteiger charge is 2.36. The predicted molar refractivity (Wildman–Crippen MR) is 61.7 cm³/mol. The average molecular weight is 231 g/mol. The molecular weight excluding hydrogens is 218 g/mol. The highest BCUT2D eigenvalue weighted by molar-refractivity contribution is 6.21. The molecule has 1 aliphatic heterocycles. The lowest BCUT2D eigenvalue weighted by Gasteiger charge is -2.17. The van der Waals surface area contributed by atoms with E-state index >= 15 is 0 Å². The number of rotatable bonds is 3. The minimum atomic E-state index is -0.322. The summed E-state index contributed by atoms with van der Waals surface area (Å²) in [7, 11) is 0. The van der Waals surface area contributed by atoms with Crippen molar-refractivity contribution in [2.45, 2.75) is 13.8 Å². The van der Waals surface area contributed by atoms with Crippen molar-refractivity contribution >= 4 is 17.6 Å². The molecule has 0 saturated carbocycles. The Balaban J connectivity index is 2.27. The fourth-order valence-electron chi connectivity index (χ4n) is 1.81. The Morgan fingerprint density at radius 3 is 2.06 bits per heavy atom. The van der Waals surface area contributed by atoms with Gasteiger partial charge in [0.05, 0.1) is 11.1 Å². The second kappa shape index (κ2) is 4.13. The number of amides is 2. The van der Waals surface area contributed by atoms with Gasteiger partial charge in [-0.2, -0.15) is 0 Å². The summed E-state index contributed by atoms with van der Waals surface area (Å²) in [5, 5.41) is 0. The van der Waals surface area contributed by atoms with Crippen LogP contribution in [-0.2, 0) is 4.79 Å². The summed E-state index contributed by atoms with van der Waals surface area (Å²) in [6, 6.07) is 6.71. The fourth-order valence-corrected chi connectivity index (χ4v) is 1.81. The molecule has 1 aliphatic rings. The maximum absolute atomic E-state index is 12.0. The van der Waals surface area contributed by atoms with Crippen LogP contribution in [0.3, 0.4) is 0 Å². The molecule has 0 spiro atoms. The maximum Gasteiger partial charge on any atom is 0.261 e. The summed E-state index contributed by atoms with van der Waals surface area (Å²) in [6.45, 7) is 3.33. The first-order chi connectivity index (χ1) is 8.02. The molecule has 0 aliphatic carbocycles. The van der Waals surface area contributed by atoms with E-state index in [1.807, 2.05) is 0 Å². The topological polar surface area (TPSA) is 54.5 Å². The normalized spacial score (nSPS) is 16.0. The van der Waals surface area contributed by atoms with Crippen LogP contribution in [0.25, 0.3) is 0 Å². The molecule has 1 aromatic rings. The van der Waals surface area contributed by atoms with E-state index in [-0.39, 0.29) is 30.1 Å². The third kappa shape index (κ3) is 1.86. The van der Waals surface area contributed by atoms with Crippen LogP contribution >= 0.6 is 0 Å². The molecule has 0 unspecified atom stereocenters. The van der Waals surface area contributed by atoms with Gasteiger partial charge in [-0.25, -0.2) is 0 Å². The van der Waals surface area contributed by atoms with Crippen LogP contribution in [0.2, 0.25) is 0 Å². The molecular formula is C13H13NO3. The van der Waals surface area contributed by atoms with Crippen molar-refractivity contribution in [3.63, 3.8) is 0 Å². The molecule has 1 heterocycles. The number of carbonyl (C=O) groups is 3. The lowest BCUT2D eigenvalue weighted by molar-refractivity contribution is -0.120. The SMILES string of the molecule is CC(=O)[C@@H](C)CN1C(=O)c2ccccc2C1=O. The monoisotopic (exact) mass is 231 g/mol. The van der Waals surface area contributed by atoms with Crippen molar-refractivity contribution in [3.05, 3.63) is 35.4 Å². The first kappa shape index (κ1) is 11.5. The van der Waals surface area contributed by atoms with Gasteiger partial charge in [-0.05, 0) is 19.1 Å². The number of hydrogen-bond donors (Lipinski definition) is 0. The first-order valence-electron chi connectivity index (χ1n) is 5.48. The van der Waals surface area contributed by atoms with Crippen LogP contribution in [-0.4, -0.2) is 29.0 Å². The van der Waals surface area contributed by atoms with Gasteiger partial charge >= 0.3 is 0 Å². The summed E-state index contributed by atoms with van der Waals surface area (Å²) in [6.07, 6.45) is 0. The van der Waals surface area contributed by atoms with Crippen LogP contribution in [0.15, 0.2) is 24.3 Å². The molecule has 4 heteroatoms. The van der Waals surface area contributed by atoms with Crippen molar-refractivity contribution in [1.82, 2.24) is 4.90 Å². The molecule has 0 saturated heterocycles. The van der Waals surface area contributed by atoms with Gasteiger partial charge in [0, 0.05) is 12.5 Å². The Hall–Kier alpha value is -1.97. The number of hydrogen-bond acceptors (Lipinski definition) is 3. The quantitative estimate of drug-likeness (QED) is 0.741. The molecule has 0 fully saturated rings. The molecule has 0 aromatic heterocycles. The van der Waals surface area contributed by atoms with Crippen LogP contribution in [0.5, 0.6) is 0 Å². The summed E-state index contributed by atoms with van der Waals surface area (Å²) >= 11 is 0. The van der Waals surface area contributed by atoms with Crippen LogP contribution in [0.4, 0.5) is 0 Å². The Morgan fingerprint density at radius 1 is 1.18 bits per heavy atom. The van der Waals surface area contributed by atoms with Crippen LogP contribution in [0, 0.1) is 5.92 Å². The molecule has 0 radical (unpaired) electrons. The number of carbonyl (C=O) groups excluding carboxylic acids is 3. The third-order valence-corrected chi connectivity index (χ3v) is 3.03. The second-order valence-electron chi connectivity index (χ2n) is 4.28. The van der Waals surface area contributed by atoms with Crippen molar-refractivity contribution in [3.8, 4) is 0 Å². The number of nitrogens with zero attached hydrogens (tertiary/aromatic N) is 1. The molecule has 88 valence electrons. The summed E-state index contributed by atoms with van der Waals surface area (Å²) in [5.74, 6) is -0.962. The van der Waals surface area contributed by atoms with Gasteiger partial charge in [0.15, 0.2) is 0 Å². The van der Waals surface area contributed by atoms with Gasteiger partial charge in [-0.1, -0.05) is 19.1 Å². The molecule has 4 nitrogen and oxygen atoms in total. The Labute approximate surface area is 99.2 Å². The maximum atomic E-state index is 12.0. The minimum absolute atomic E-state index is 0.0263. The van der Waals surface area contributed by atoms with Crippen molar-refractivity contribution in [2.24, 2.45) is 5.92 Å².